The summed E-state index contributed by atoms with van der Waals surface area (Å²) in [5, 5.41) is 12.8. The van der Waals surface area contributed by atoms with Gasteiger partial charge in [0.25, 0.3) is 0 Å². The maximum absolute atomic E-state index is 13.7. The monoisotopic (exact) mass is 503 g/mol. The van der Waals surface area contributed by atoms with E-state index >= 15 is 0 Å². The van der Waals surface area contributed by atoms with Crippen LogP contribution in [-0.2, 0) is 5.75 Å². The minimum Gasteiger partial charge on any atom is -0.497 e. The molecule has 0 N–H and O–H groups in total. The summed E-state index contributed by atoms with van der Waals surface area (Å²) in [5.74, 6) is 2.02. The summed E-state index contributed by atoms with van der Waals surface area (Å²) in [6, 6.07) is 26.6. The van der Waals surface area contributed by atoms with Crippen LogP contribution in [0.15, 0.2) is 90.1 Å². The van der Waals surface area contributed by atoms with Gasteiger partial charge in [-0.25, -0.2) is 4.39 Å². The average molecular weight is 504 g/mol. The van der Waals surface area contributed by atoms with Crippen LogP contribution in [0.2, 0.25) is 5.02 Å². The summed E-state index contributed by atoms with van der Waals surface area (Å²) in [7, 11) is 1.67. The highest BCUT2D eigenvalue weighted by Gasteiger charge is 2.21. The number of thioether (sulfide) groups is 1. The first-order valence-electron chi connectivity index (χ1n) is 11.2. The van der Waals surface area contributed by atoms with Crippen molar-refractivity contribution in [2.24, 2.45) is 0 Å². The molecule has 0 aliphatic rings. The Morgan fingerprint density at radius 1 is 0.914 bits per heavy atom. The lowest BCUT2D eigenvalue weighted by atomic mass is 9.97. The van der Waals surface area contributed by atoms with Crippen LogP contribution in [0.1, 0.15) is 29.8 Å². The van der Waals surface area contributed by atoms with Crippen LogP contribution in [0.5, 0.6) is 5.75 Å². The van der Waals surface area contributed by atoms with E-state index in [1.54, 1.807) is 31.0 Å². The predicted octanol–water partition coefficient (Wildman–Crippen LogP) is 7.67. The fourth-order valence-electron chi connectivity index (χ4n) is 4.00. The highest BCUT2D eigenvalue weighted by Crippen LogP contribution is 2.33. The second-order valence-electron chi connectivity index (χ2n) is 8.26. The summed E-state index contributed by atoms with van der Waals surface area (Å²) < 4.78 is 21.1. The third-order valence-electron chi connectivity index (χ3n) is 5.98. The van der Waals surface area contributed by atoms with Crippen molar-refractivity contribution in [3.8, 4) is 11.4 Å². The van der Waals surface area contributed by atoms with Gasteiger partial charge in [-0.05, 0) is 70.4 Å². The molecular formula is C28H23ClFN3OS. The molecule has 5 aromatic rings. The Bertz CT molecular complexity index is 1470. The number of methoxy groups -OCH3 is 1. The zero-order chi connectivity index (χ0) is 24.4. The summed E-state index contributed by atoms with van der Waals surface area (Å²) in [6.45, 7) is 2.11. The second kappa shape index (κ2) is 10.1. The van der Waals surface area contributed by atoms with Gasteiger partial charge in [-0.1, -0.05) is 66.7 Å². The van der Waals surface area contributed by atoms with Crippen molar-refractivity contribution in [1.29, 1.82) is 0 Å². The first kappa shape index (κ1) is 23.4. The zero-order valence-electron chi connectivity index (χ0n) is 19.3. The van der Waals surface area contributed by atoms with E-state index in [1.165, 1.54) is 12.1 Å². The van der Waals surface area contributed by atoms with Gasteiger partial charge in [0.05, 0.1) is 7.11 Å². The summed E-state index contributed by atoms with van der Waals surface area (Å²) in [6.07, 6.45) is 0. The third-order valence-corrected chi connectivity index (χ3v) is 7.24. The summed E-state index contributed by atoms with van der Waals surface area (Å²) in [5.41, 5.74) is 3.07. The minimum atomic E-state index is -0.281. The molecule has 4 nitrogen and oxygen atoms in total. The summed E-state index contributed by atoms with van der Waals surface area (Å²) in [4.78, 5) is 0. The van der Waals surface area contributed by atoms with Crippen molar-refractivity contribution in [3.05, 3.63) is 113 Å². The van der Waals surface area contributed by atoms with Gasteiger partial charge < -0.3 is 4.74 Å². The third kappa shape index (κ3) is 5.04. The molecule has 4 aromatic carbocycles. The Labute approximate surface area is 212 Å². The van der Waals surface area contributed by atoms with Gasteiger partial charge in [-0.2, -0.15) is 0 Å². The molecule has 1 atom stereocenters. The number of hydrogen-bond acceptors (Lipinski definition) is 4. The van der Waals surface area contributed by atoms with Crippen molar-refractivity contribution in [2.75, 3.05) is 7.11 Å². The molecule has 35 heavy (non-hydrogen) atoms. The maximum Gasteiger partial charge on any atom is 0.196 e. The number of aromatic nitrogens is 3. The molecule has 0 amide bonds. The molecule has 0 unspecified atom stereocenters. The average Bonchev–Trinajstić information content (AvgIpc) is 3.31. The van der Waals surface area contributed by atoms with Gasteiger partial charge in [-0.15, -0.1) is 10.2 Å². The summed E-state index contributed by atoms with van der Waals surface area (Å²) >= 11 is 7.61. The van der Waals surface area contributed by atoms with E-state index in [0.29, 0.717) is 10.8 Å². The molecule has 0 radical (unpaired) electrons. The maximum atomic E-state index is 13.7. The van der Waals surface area contributed by atoms with E-state index in [4.69, 9.17) is 16.3 Å². The smallest absolute Gasteiger partial charge is 0.196 e. The molecule has 1 aromatic heterocycles. The number of hydrogen-bond donors (Lipinski definition) is 0. The lowest BCUT2D eigenvalue weighted by Crippen LogP contribution is -2.08. The highest BCUT2D eigenvalue weighted by atomic mass is 35.5. The standard InChI is InChI=1S/C28H23ClFN3OS/c1-18(20-5-6-22-16-26(34-2)14-7-21(22)15-20)27-31-32-28(33(27)25-12-10-24(30)11-13-25)35-17-19-3-8-23(29)9-4-19/h3-16,18H,17H2,1-2H3/t18-/m0/s1. The van der Waals surface area contributed by atoms with Crippen LogP contribution in [0.3, 0.4) is 0 Å². The molecule has 1 heterocycles. The quantitative estimate of drug-likeness (QED) is 0.214. The van der Waals surface area contributed by atoms with Gasteiger partial charge >= 0.3 is 0 Å². The number of rotatable bonds is 7. The molecular weight excluding hydrogens is 481 g/mol. The molecule has 176 valence electrons. The van der Waals surface area contributed by atoms with Crippen LogP contribution in [0.25, 0.3) is 16.5 Å². The van der Waals surface area contributed by atoms with Crippen LogP contribution >= 0.6 is 23.4 Å². The Hall–Kier alpha value is -3.35. The van der Waals surface area contributed by atoms with Crippen LogP contribution in [-0.4, -0.2) is 21.9 Å². The van der Waals surface area contributed by atoms with Crippen LogP contribution in [0.4, 0.5) is 4.39 Å². The Balaban J connectivity index is 1.51. The molecule has 7 heteroatoms. The minimum absolute atomic E-state index is 0.0380. The normalized spacial score (nSPS) is 12.1. The van der Waals surface area contributed by atoms with Crippen molar-refractivity contribution < 1.29 is 9.13 Å². The number of halogens is 2. The number of ether oxygens (including phenoxy) is 1. The van der Waals surface area contributed by atoms with E-state index in [9.17, 15) is 4.39 Å². The molecule has 0 aliphatic heterocycles. The lowest BCUT2D eigenvalue weighted by Gasteiger charge is -2.16. The number of fused-ring (bicyclic) bond motifs is 1. The van der Waals surface area contributed by atoms with E-state index in [-0.39, 0.29) is 11.7 Å². The van der Waals surface area contributed by atoms with Crippen LogP contribution in [0, 0.1) is 5.82 Å². The fourth-order valence-corrected chi connectivity index (χ4v) is 5.04. The predicted molar refractivity (Wildman–Crippen MR) is 140 cm³/mol. The van der Waals surface area contributed by atoms with E-state index in [2.05, 4.69) is 41.4 Å². The molecule has 5 rings (SSSR count). The highest BCUT2D eigenvalue weighted by molar-refractivity contribution is 7.98. The molecule has 0 saturated heterocycles. The molecule has 0 saturated carbocycles. The largest absolute Gasteiger partial charge is 0.497 e. The Morgan fingerprint density at radius 2 is 1.63 bits per heavy atom. The van der Waals surface area contributed by atoms with Gasteiger partial charge in [0, 0.05) is 22.4 Å². The molecule has 0 bridgehead atoms. The zero-order valence-corrected chi connectivity index (χ0v) is 20.9. The topological polar surface area (TPSA) is 39.9 Å². The van der Waals surface area contributed by atoms with Gasteiger partial charge in [-0.3, -0.25) is 4.57 Å². The van der Waals surface area contributed by atoms with E-state index in [0.717, 1.165) is 44.3 Å². The molecule has 0 aliphatic carbocycles. The molecule has 0 spiro atoms. The lowest BCUT2D eigenvalue weighted by molar-refractivity contribution is 0.415. The first-order chi connectivity index (χ1) is 17.0. The van der Waals surface area contributed by atoms with Crippen LogP contribution < -0.4 is 4.74 Å². The van der Waals surface area contributed by atoms with Crippen molar-refractivity contribution in [1.82, 2.24) is 14.8 Å². The SMILES string of the molecule is COc1ccc2cc([C@H](C)c3nnc(SCc4ccc(Cl)cc4)n3-c3ccc(F)cc3)ccc2c1. The Kier molecular flexibility index (Phi) is 6.75. The molecule has 0 fully saturated rings. The Morgan fingerprint density at radius 3 is 2.37 bits per heavy atom. The van der Waals surface area contributed by atoms with Gasteiger partial charge in [0.15, 0.2) is 5.16 Å². The fraction of sp³-hybridized carbons (Fsp3) is 0.143. The van der Waals surface area contributed by atoms with Crippen molar-refractivity contribution in [3.63, 3.8) is 0 Å². The van der Waals surface area contributed by atoms with Crippen molar-refractivity contribution >= 4 is 34.1 Å². The van der Waals surface area contributed by atoms with E-state index in [1.807, 2.05) is 41.0 Å². The van der Waals surface area contributed by atoms with Gasteiger partial charge in [0.2, 0.25) is 0 Å². The first-order valence-corrected chi connectivity index (χ1v) is 12.5. The van der Waals surface area contributed by atoms with Crippen molar-refractivity contribution in [2.45, 2.75) is 23.8 Å². The number of benzene rings is 4. The van der Waals surface area contributed by atoms with E-state index < -0.39 is 0 Å². The van der Waals surface area contributed by atoms with Gasteiger partial charge in [0.1, 0.15) is 17.4 Å². The second-order valence-corrected chi connectivity index (χ2v) is 9.64. The number of nitrogens with zero attached hydrogens (tertiary/aromatic N) is 3.